The molecule has 1 N–H and O–H groups in total. The number of nitrogens with zero attached hydrogens (tertiary/aromatic N) is 3. The fourth-order valence-corrected chi connectivity index (χ4v) is 2.14. The van der Waals surface area contributed by atoms with E-state index in [0.29, 0.717) is 19.0 Å². The minimum atomic E-state index is -0.461. The Morgan fingerprint density at radius 3 is 2.70 bits per heavy atom. The number of aromatic nitrogens is 2. The minimum absolute atomic E-state index is 0.156. The van der Waals surface area contributed by atoms with Gasteiger partial charge >= 0.3 is 6.09 Å². The Labute approximate surface area is 127 Å². The number of hydrogen-bond donors (Lipinski definition) is 1. The number of amides is 1. The van der Waals surface area contributed by atoms with Crippen molar-refractivity contribution in [3.05, 3.63) is 16.9 Å². The van der Waals surface area contributed by atoms with Crippen molar-refractivity contribution in [2.75, 3.05) is 18.4 Å². The number of rotatable bonds is 2. The second-order valence-electron chi connectivity index (χ2n) is 5.78. The maximum absolute atomic E-state index is 11.9. The van der Waals surface area contributed by atoms with Gasteiger partial charge in [0, 0.05) is 31.5 Å². The first-order valence-electron chi connectivity index (χ1n) is 6.55. The van der Waals surface area contributed by atoms with Crippen molar-refractivity contribution >= 4 is 28.0 Å². The first-order valence-corrected chi connectivity index (χ1v) is 7.35. The van der Waals surface area contributed by atoms with Crippen LogP contribution in [0.5, 0.6) is 0 Å². The van der Waals surface area contributed by atoms with Crippen molar-refractivity contribution in [2.24, 2.45) is 0 Å². The molecule has 1 aromatic heterocycles. The summed E-state index contributed by atoms with van der Waals surface area (Å²) in [5.41, 5.74) is -0.461. The number of anilines is 1. The molecule has 0 aliphatic carbocycles. The quantitative estimate of drug-likeness (QED) is 0.894. The van der Waals surface area contributed by atoms with Crippen LogP contribution < -0.4 is 5.32 Å². The van der Waals surface area contributed by atoms with Gasteiger partial charge in [0.2, 0.25) is 5.95 Å². The van der Waals surface area contributed by atoms with Crippen LogP contribution in [0.1, 0.15) is 27.2 Å². The van der Waals surface area contributed by atoms with Gasteiger partial charge < -0.3 is 15.0 Å². The molecule has 0 radical (unpaired) electrons. The normalized spacial score (nSPS) is 19.0. The summed E-state index contributed by atoms with van der Waals surface area (Å²) in [7, 11) is 0. The maximum Gasteiger partial charge on any atom is 0.410 e. The highest BCUT2D eigenvalue weighted by Gasteiger charge is 2.29. The van der Waals surface area contributed by atoms with Crippen molar-refractivity contribution in [2.45, 2.75) is 38.8 Å². The van der Waals surface area contributed by atoms with Gasteiger partial charge in [-0.15, -0.1) is 0 Å². The Kier molecular flexibility index (Phi) is 4.47. The van der Waals surface area contributed by atoms with Gasteiger partial charge in [0.05, 0.1) is 4.47 Å². The summed E-state index contributed by atoms with van der Waals surface area (Å²) in [5.74, 6) is 0.573. The molecule has 0 spiro atoms. The largest absolute Gasteiger partial charge is 0.444 e. The maximum atomic E-state index is 11.9. The second kappa shape index (κ2) is 5.95. The van der Waals surface area contributed by atoms with Gasteiger partial charge in [-0.1, -0.05) is 0 Å². The summed E-state index contributed by atoms with van der Waals surface area (Å²) in [4.78, 5) is 22.0. The van der Waals surface area contributed by atoms with E-state index in [0.717, 1.165) is 10.9 Å². The summed E-state index contributed by atoms with van der Waals surface area (Å²) in [5, 5.41) is 3.22. The summed E-state index contributed by atoms with van der Waals surface area (Å²) in [6.45, 7) is 6.89. The molecule has 110 valence electrons. The molecule has 0 unspecified atom stereocenters. The molecule has 6 nitrogen and oxygen atoms in total. The lowest BCUT2D eigenvalue weighted by Crippen LogP contribution is -2.36. The van der Waals surface area contributed by atoms with Gasteiger partial charge in [-0.25, -0.2) is 14.8 Å². The van der Waals surface area contributed by atoms with Gasteiger partial charge in [-0.2, -0.15) is 0 Å². The molecule has 1 aromatic rings. The molecule has 20 heavy (non-hydrogen) atoms. The van der Waals surface area contributed by atoms with Crippen molar-refractivity contribution < 1.29 is 9.53 Å². The summed E-state index contributed by atoms with van der Waals surface area (Å²) >= 11 is 3.29. The van der Waals surface area contributed by atoms with E-state index in [-0.39, 0.29) is 12.1 Å². The number of likely N-dealkylation sites (tertiary alicyclic amines) is 1. The van der Waals surface area contributed by atoms with Crippen LogP contribution in [0.3, 0.4) is 0 Å². The summed E-state index contributed by atoms with van der Waals surface area (Å²) in [6, 6.07) is 0.156. The number of halogens is 1. The third-order valence-electron chi connectivity index (χ3n) is 2.79. The van der Waals surface area contributed by atoms with Crippen LogP contribution in [0.25, 0.3) is 0 Å². The van der Waals surface area contributed by atoms with E-state index in [2.05, 4.69) is 31.2 Å². The van der Waals surface area contributed by atoms with Crippen molar-refractivity contribution in [1.29, 1.82) is 0 Å². The van der Waals surface area contributed by atoms with Crippen LogP contribution in [0.15, 0.2) is 16.9 Å². The molecular formula is C13H19BrN4O2. The predicted octanol–water partition coefficient (Wildman–Crippen LogP) is 2.66. The molecule has 2 rings (SSSR count). The van der Waals surface area contributed by atoms with E-state index < -0.39 is 5.60 Å². The molecule has 0 bridgehead atoms. The Morgan fingerprint density at radius 1 is 1.45 bits per heavy atom. The van der Waals surface area contributed by atoms with Crippen LogP contribution in [0.2, 0.25) is 0 Å². The molecule has 1 fully saturated rings. The zero-order valence-corrected chi connectivity index (χ0v) is 13.5. The molecule has 0 aromatic carbocycles. The molecule has 1 atom stereocenters. The second-order valence-corrected chi connectivity index (χ2v) is 6.70. The van der Waals surface area contributed by atoms with Gasteiger partial charge in [-0.05, 0) is 43.1 Å². The predicted molar refractivity (Wildman–Crippen MR) is 79.6 cm³/mol. The van der Waals surface area contributed by atoms with Crippen LogP contribution in [0, 0.1) is 0 Å². The van der Waals surface area contributed by atoms with E-state index >= 15 is 0 Å². The van der Waals surface area contributed by atoms with Gasteiger partial charge in [0.1, 0.15) is 5.60 Å². The molecule has 1 amide bonds. The van der Waals surface area contributed by atoms with Crippen LogP contribution in [-0.2, 0) is 4.74 Å². The number of carbonyl (C=O) groups is 1. The molecule has 1 aliphatic rings. The van der Waals surface area contributed by atoms with Crippen molar-refractivity contribution in [3.63, 3.8) is 0 Å². The highest BCUT2D eigenvalue weighted by Crippen LogP contribution is 2.17. The lowest BCUT2D eigenvalue weighted by molar-refractivity contribution is 0.0293. The van der Waals surface area contributed by atoms with E-state index in [1.165, 1.54) is 0 Å². The zero-order valence-electron chi connectivity index (χ0n) is 11.9. The van der Waals surface area contributed by atoms with Gasteiger partial charge in [0.15, 0.2) is 0 Å². The molecule has 1 saturated heterocycles. The monoisotopic (exact) mass is 342 g/mol. The number of carbonyl (C=O) groups excluding carboxylic acids is 1. The molecule has 2 heterocycles. The van der Waals surface area contributed by atoms with Crippen molar-refractivity contribution in [1.82, 2.24) is 14.9 Å². The SMILES string of the molecule is CC(C)(C)OC(=O)N1CC[C@@H](Nc2ncc(Br)cn2)C1. The Bertz CT molecular complexity index is 472. The van der Waals surface area contributed by atoms with E-state index in [1.807, 2.05) is 20.8 Å². The highest BCUT2D eigenvalue weighted by atomic mass is 79.9. The third kappa shape index (κ3) is 4.33. The van der Waals surface area contributed by atoms with Crippen LogP contribution in [0.4, 0.5) is 10.7 Å². The highest BCUT2D eigenvalue weighted by molar-refractivity contribution is 9.10. The summed E-state index contributed by atoms with van der Waals surface area (Å²) in [6.07, 6.45) is 3.98. The van der Waals surface area contributed by atoms with Gasteiger partial charge in [0.25, 0.3) is 0 Å². The number of hydrogen-bond acceptors (Lipinski definition) is 5. The first-order chi connectivity index (χ1) is 9.33. The molecular weight excluding hydrogens is 324 g/mol. The lowest BCUT2D eigenvalue weighted by atomic mass is 10.2. The fraction of sp³-hybridized carbons (Fsp3) is 0.615. The summed E-state index contributed by atoms with van der Waals surface area (Å²) < 4.78 is 6.20. The zero-order chi connectivity index (χ0) is 14.8. The lowest BCUT2D eigenvalue weighted by Gasteiger charge is -2.24. The Morgan fingerprint density at radius 2 is 2.10 bits per heavy atom. The van der Waals surface area contributed by atoms with Crippen LogP contribution in [-0.4, -0.2) is 45.7 Å². The average molecular weight is 343 g/mol. The van der Waals surface area contributed by atoms with Crippen LogP contribution >= 0.6 is 15.9 Å². The molecule has 0 saturated carbocycles. The topological polar surface area (TPSA) is 67.3 Å². The molecule has 1 aliphatic heterocycles. The van der Waals surface area contributed by atoms with E-state index in [4.69, 9.17) is 4.74 Å². The van der Waals surface area contributed by atoms with Crippen molar-refractivity contribution in [3.8, 4) is 0 Å². The number of nitrogens with one attached hydrogen (secondary N) is 1. The standard InChI is InChI=1S/C13H19BrN4O2/c1-13(2,3)20-12(19)18-5-4-10(8-18)17-11-15-6-9(14)7-16-11/h6-7,10H,4-5,8H2,1-3H3,(H,15,16,17)/t10-/m1/s1. The molecule has 7 heteroatoms. The first kappa shape index (κ1) is 15.0. The number of ether oxygens (including phenoxy) is 1. The Hall–Kier alpha value is -1.37. The smallest absolute Gasteiger partial charge is 0.410 e. The van der Waals surface area contributed by atoms with E-state index in [1.54, 1.807) is 17.3 Å². The van der Waals surface area contributed by atoms with Gasteiger partial charge in [-0.3, -0.25) is 0 Å². The van der Waals surface area contributed by atoms with E-state index in [9.17, 15) is 4.79 Å². The fourth-order valence-electron chi connectivity index (χ4n) is 1.94. The average Bonchev–Trinajstić information content (AvgIpc) is 2.79. The minimum Gasteiger partial charge on any atom is -0.444 e. The Balaban J connectivity index is 1.86. The third-order valence-corrected chi connectivity index (χ3v) is 3.20.